The third-order valence-electron chi connectivity index (χ3n) is 2.88. The lowest BCUT2D eigenvalue weighted by Gasteiger charge is -2.05. The normalized spacial score (nSPS) is 11.1. The van der Waals surface area contributed by atoms with Gasteiger partial charge in [-0.1, -0.05) is 41.4 Å². The molecule has 0 aliphatic carbocycles. The van der Waals surface area contributed by atoms with Crippen LogP contribution >= 0.6 is 11.6 Å². The average molecular weight is 274 g/mol. The van der Waals surface area contributed by atoms with Crippen molar-refractivity contribution >= 4 is 28.6 Å². The highest BCUT2D eigenvalue weighted by Gasteiger charge is 2.10. The maximum absolute atomic E-state index is 6.02. The molecule has 2 heterocycles. The number of nitrogen functional groups attached to an aromatic ring is 1. The van der Waals surface area contributed by atoms with Gasteiger partial charge in [-0.15, -0.1) is 0 Å². The summed E-state index contributed by atoms with van der Waals surface area (Å²) in [5, 5.41) is 5.34. The quantitative estimate of drug-likeness (QED) is 0.728. The van der Waals surface area contributed by atoms with Crippen LogP contribution in [0.3, 0.4) is 0 Å². The van der Waals surface area contributed by atoms with Crippen LogP contribution in [0.1, 0.15) is 11.1 Å². The zero-order valence-corrected chi connectivity index (χ0v) is 11.1. The van der Waals surface area contributed by atoms with E-state index in [-0.39, 0.29) is 5.95 Å². The molecule has 0 saturated heterocycles. The summed E-state index contributed by atoms with van der Waals surface area (Å²) in [4.78, 5) is 8.11. The molecule has 6 heteroatoms. The number of anilines is 1. The summed E-state index contributed by atoms with van der Waals surface area (Å²) in [7, 11) is 0. The summed E-state index contributed by atoms with van der Waals surface area (Å²) in [6, 6.07) is 8.24. The lowest BCUT2D eigenvalue weighted by Crippen LogP contribution is -2.04. The first kappa shape index (κ1) is 11.9. The molecule has 0 amide bonds. The van der Waals surface area contributed by atoms with Gasteiger partial charge in [0, 0.05) is 0 Å². The number of rotatable bonds is 2. The number of hydrogen-bond acceptors (Lipinski definition) is 4. The Kier molecular flexibility index (Phi) is 2.83. The molecule has 96 valence electrons. The number of fused-ring (bicyclic) bond motifs is 1. The van der Waals surface area contributed by atoms with Crippen molar-refractivity contribution < 1.29 is 0 Å². The van der Waals surface area contributed by atoms with Crippen molar-refractivity contribution in [3.8, 4) is 0 Å². The Labute approximate surface area is 115 Å². The molecule has 0 saturated carbocycles. The number of benzene rings is 1. The highest BCUT2D eigenvalue weighted by atomic mass is 35.5. The second-order valence-electron chi connectivity index (χ2n) is 4.40. The summed E-state index contributed by atoms with van der Waals surface area (Å²) < 4.78 is 1.77. The van der Waals surface area contributed by atoms with Crippen molar-refractivity contribution in [2.24, 2.45) is 0 Å². The summed E-state index contributed by atoms with van der Waals surface area (Å²) in [6.45, 7) is 2.68. The van der Waals surface area contributed by atoms with Gasteiger partial charge in [-0.25, -0.2) is 9.67 Å². The van der Waals surface area contributed by atoms with E-state index in [1.54, 1.807) is 10.9 Å². The van der Waals surface area contributed by atoms with Gasteiger partial charge < -0.3 is 5.73 Å². The first-order valence-corrected chi connectivity index (χ1v) is 6.21. The predicted molar refractivity (Wildman–Crippen MR) is 75.0 cm³/mol. The molecule has 2 aromatic heterocycles. The summed E-state index contributed by atoms with van der Waals surface area (Å²) in [5.41, 5.74) is 8.63. The van der Waals surface area contributed by atoms with Gasteiger partial charge in [0.25, 0.3) is 0 Å². The smallest absolute Gasteiger partial charge is 0.223 e. The second kappa shape index (κ2) is 4.51. The first-order valence-electron chi connectivity index (χ1n) is 5.83. The molecule has 5 nitrogen and oxygen atoms in total. The molecule has 19 heavy (non-hydrogen) atoms. The Balaban J connectivity index is 2.06. The largest absolute Gasteiger partial charge is 0.368 e. The standard InChI is InChI=1S/C13H12ClN5/c1-8-3-2-4-9(5-8)7-19-12-10(6-16-19)11(14)17-13(15)18-12/h2-6H,7H2,1H3,(H2,15,17,18). The number of hydrogen-bond donors (Lipinski definition) is 1. The van der Waals surface area contributed by atoms with E-state index in [4.69, 9.17) is 17.3 Å². The van der Waals surface area contributed by atoms with E-state index in [0.29, 0.717) is 22.7 Å². The first-order chi connectivity index (χ1) is 9.13. The fourth-order valence-electron chi connectivity index (χ4n) is 2.04. The molecular formula is C13H12ClN5. The number of aryl methyl sites for hydroxylation is 1. The van der Waals surface area contributed by atoms with E-state index in [2.05, 4.69) is 34.1 Å². The van der Waals surface area contributed by atoms with E-state index in [0.717, 1.165) is 5.56 Å². The van der Waals surface area contributed by atoms with Crippen LogP contribution in [0.4, 0.5) is 5.95 Å². The molecule has 0 aliphatic rings. The average Bonchev–Trinajstić information content (AvgIpc) is 2.73. The maximum atomic E-state index is 6.02. The number of nitrogens with zero attached hydrogens (tertiary/aromatic N) is 4. The van der Waals surface area contributed by atoms with Gasteiger partial charge in [-0.05, 0) is 12.5 Å². The van der Waals surface area contributed by atoms with Gasteiger partial charge in [-0.3, -0.25) is 0 Å². The molecule has 0 bridgehead atoms. The highest BCUT2D eigenvalue weighted by molar-refractivity contribution is 6.34. The van der Waals surface area contributed by atoms with Crippen LogP contribution in [0.25, 0.3) is 11.0 Å². The zero-order valence-electron chi connectivity index (χ0n) is 10.3. The SMILES string of the molecule is Cc1cccc(Cn2ncc3c(Cl)nc(N)nc32)c1. The fraction of sp³-hybridized carbons (Fsp3) is 0.154. The molecule has 2 N–H and O–H groups in total. The summed E-state index contributed by atoms with van der Waals surface area (Å²) in [6.07, 6.45) is 1.66. The Morgan fingerprint density at radius 1 is 1.32 bits per heavy atom. The molecule has 0 fully saturated rings. The van der Waals surface area contributed by atoms with Gasteiger partial charge in [0.1, 0.15) is 5.15 Å². The molecule has 0 spiro atoms. The van der Waals surface area contributed by atoms with Crippen LogP contribution in [0.2, 0.25) is 5.15 Å². The number of nitrogens with two attached hydrogens (primary N) is 1. The Hall–Kier alpha value is -2.14. The predicted octanol–water partition coefficient (Wildman–Crippen LogP) is 2.42. The van der Waals surface area contributed by atoms with Crippen LogP contribution in [-0.2, 0) is 6.54 Å². The van der Waals surface area contributed by atoms with Gasteiger partial charge >= 0.3 is 0 Å². The fourth-order valence-corrected chi connectivity index (χ4v) is 2.26. The molecule has 0 radical (unpaired) electrons. The zero-order chi connectivity index (χ0) is 13.4. The molecule has 1 aromatic carbocycles. The third-order valence-corrected chi connectivity index (χ3v) is 3.17. The van der Waals surface area contributed by atoms with Gasteiger partial charge in [0.2, 0.25) is 5.95 Å². The third kappa shape index (κ3) is 2.24. The Morgan fingerprint density at radius 2 is 2.16 bits per heavy atom. The van der Waals surface area contributed by atoms with Crippen LogP contribution < -0.4 is 5.73 Å². The number of aromatic nitrogens is 4. The molecule has 0 aliphatic heterocycles. The van der Waals surface area contributed by atoms with E-state index in [1.807, 2.05) is 12.1 Å². The lowest BCUT2D eigenvalue weighted by molar-refractivity contribution is 0.704. The van der Waals surface area contributed by atoms with Crippen LogP contribution in [0.15, 0.2) is 30.5 Å². The molecular weight excluding hydrogens is 262 g/mol. The van der Waals surface area contributed by atoms with Crippen LogP contribution in [0, 0.1) is 6.92 Å². The Morgan fingerprint density at radius 3 is 2.95 bits per heavy atom. The molecule has 0 unspecified atom stereocenters. The molecule has 3 rings (SSSR count). The van der Waals surface area contributed by atoms with Crippen LogP contribution in [0.5, 0.6) is 0 Å². The molecule has 3 aromatic rings. The van der Waals surface area contributed by atoms with Crippen molar-refractivity contribution in [2.45, 2.75) is 13.5 Å². The highest BCUT2D eigenvalue weighted by Crippen LogP contribution is 2.21. The minimum absolute atomic E-state index is 0.156. The summed E-state index contributed by atoms with van der Waals surface area (Å²) in [5.74, 6) is 0.156. The van der Waals surface area contributed by atoms with Crippen molar-refractivity contribution in [3.63, 3.8) is 0 Å². The van der Waals surface area contributed by atoms with Gasteiger partial charge in [0.05, 0.1) is 18.1 Å². The van der Waals surface area contributed by atoms with Crippen molar-refractivity contribution in [3.05, 3.63) is 46.7 Å². The van der Waals surface area contributed by atoms with Crippen molar-refractivity contribution in [2.75, 3.05) is 5.73 Å². The van der Waals surface area contributed by atoms with E-state index in [9.17, 15) is 0 Å². The van der Waals surface area contributed by atoms with E-state index >= 15 is 0 Å². The van der Waals surface area contributed by atoms with E-state index < -0.39 is 0 Å². The number of halogens is 1. The topological polar surface area (TPSA) is 69.6 Å². The monoisotopic (exact) mass is 273 g/mol. The maximum Gasteiger partial charge on any atom is 0.223 e. The lowest BCUT2D eigenvalue weighted by atomic mass is 10.1. The molecule has 0 atom stereocenters. The Bertz CT molecular complexity index is 750. The van der Waals surface area contributed by atoms with Crippen molar-refractivity contribution in [1.82, 2.24) is 19.7 Å². The van der Waals surface area contributed by atoms with Gasteiger partial charge in [-0.2, -0.15) is 10.1 Å². The minimum Gasteiger partial charge on any atom is -0.368 e. The van der Waals surface area contributed by atoms with E-state index in [1.165, 1.54) is 5.56 Å². The van der Waals surface area contributed by atoms with Gasteiger partial charge in [0.15, 0.2) is 5.65 Å². The second-order valence-corrected chi connectivity index (χ2v) is 4.76. The summed E-state index contributed by atoms with van der Waals surface area (Å²) >= 11 is 6.02. The van der Waals surface area contributed by atoms with Crippen LogP contribution in [-0.4, -0.2) is 19.7 Å². The minimum atomic E-state index is 0.156. The van der Waals surface area contributed by atoms with Crippen molar-refractivity contribution in [1.29, 1.82) is 0 Å².